The molecule has 8 nitrogen and oxygen atoms in total. The summed E-state index contributed by atoms with van der Waals surface area (Å²) in [5, 5.41) is 20.1. The first kappa shape index (κ1) is 21.6. The van der Waals surface area contributed by atoms with E-state index >= 15 is 0 Å². The van der Waals surface area contributed by atoms with Gasteiger partial charge in [0.15, 0.2) is 5.78 Å². The summed E-state index contributed by atoms with van der Waals surface area (Å²) in [5.41, 5.74) is 3.19. The van der Waals surface area contributed by atoms with Gasteiger partial charge in [0.25, 0.3) is 0 Å². The zero-order valence-corrected chi connectivity index (χ0v) is 18.0. The highest BCUT2D eigenvalue weighted by molar-refractivity contribution is 5.96. The monoisotopic (exact) mass is 435 g/mol. The molecule has 1 saturated heterocycles. The Bertz CT molecular complexity index is 1190. The van der Waals surface area contributed by atoms with Crippen molar-refractivity contribution in [1.29, 1.82) is 0 Å². The fourth-order valence-electron chi connectivity index (χ4n) is 4.40. The minimum atomic E-state index is -1.02. The van der Waals surface area contributed by atoms with E-state index in [-0.39, 0.29) is 11.3 Å². The predicted molar refractivity (Wildman–Crippen MR) is 120 cm³/mol. The van der Waals surface area contributed by atoms with Crippen LogP contribution in [0, 0.1) is 0 Å². The topological polar surface area (TPSA) is 103 Å². The van der Waals surface area contributed by atoms with E-state index in [1.807, 2.05) is 29.2 Å². The van der Waals surface area contributed by atoms with Gasteiger partial charge in [-0.15, -0.1) is 0 Å². The van der Waals surface area contributed by atoms with E-state index in [2.05, 4.69) is 4.90 Å². The van der Waals surface area contributed by atoms with Crippen LogP contribution in [0.2, 0.25) is 0 Å². The number of carbonyl (C=O) groups excluding carboxylic acids is 1. The van der Waals surface area contributed by atoms with Crippen LogP contribution in [0.15, 0.2) is 48.7 Å². The zero-order chi connectivity index (χ0) is 23.0. The molecule has 1 fully saturated rings. The van der Waals surface area contributed by atoms with Crippen LogP contribution in [0.4, 0.5) is 5.69 Å². The van der Waals surface area contributed by atoms with Crippen LogP contribution in [0.3, 0.4) is 0 Å². The number of benzene rings is 2. The number of aromatic nitrogens is 1. The Hall–Kier alpha value is -3.65. The van der Waals surface area contributed by atoms with Gasteiger partial charge in [-0.3, -0.25) is 14.5 Å². The summed E-state index contributed by atoms with van der Waals surface area (Å²) in [6.45, 7) is 3.99. The Morgan fingerprint density at radius 2 is 1.53 bits per heavy atom. The van der Waals surface area contributed by atoms with E-state index in [1.165, 1.54) is 13.0 Å². The summed E-state index contributed by atoms with van der Waals surface area (Å²) in [5.74, 6) is -1.92. The van der Waals surface area contributed by atoms with Gasteiger partial charge < -0.3 is 19.7 Å². The van der Waals surface area contributed by atoms with Crippen LogP contribution in [0.5, 0.6) is 0 Å². The zero-order valence-electron chi connectivity index (χ0n) is 18.0. The molecule has 8 heteroatoms. The Kier molecular flexibility index (Phi) is 5.71. The van der Waals surface area contributed by atoms with E-state index in [0.717, 1.165) is 11.1 Å². The molecule has 0 bridgehead atoms. The normalized spacial score (nSPS) is 15.6. The number of anilines is 1. The second-order valence-corrected chi connectivity index (χ2v) is 8.10. The molecule has 4 rings (SSSR count). The molecule has 2 N–H and O–H groups in total. The highest BCUT2D eigenvalue weighted by atomic mass is 16.4. The summed E-state index contributed by atoms with van der Waals surface area (Å²) < 4.78 is 1.78. The number of rotatable bonds is 6. The lowest BCUT2D eigenvalue weighted by molar-refractivity contribution is -0.143. The standard InChI is InChI=1S/C24H25N3O5/c1-15(28)16-3-6-18(7-4-16)26-9-11-27(12-10-26)22(24(31)32)20-14-25(2)21-13-17(23(29)30)5-8-19(20)21/h3-8,13-14,22H,9-12H2,1-2H3,(H,29,30)(H,31,32)/t22-/m0/s1. The quantitative estimate of drug-likeness (QED) is 0.574. The first-order valence-electron chi connectivity index (χ1n) is 10.4. The van der Waals surface area contributed by atoms with Gasteiger partial charge in [0.05, 0.1) is 5.56 Å². The molecule has 0 saturated carbocycles. The van der Waals surface area contributed by atoms with Crippen molar-refractivity contribution in [3.05, 3.63) is 65.4 Å². The number of carbonyl (C=O) groups is 3. The van der Waals surface area contributed by atoms with Crippen LogP contribution < -0.4 is 4.90 Å². The smallest absolute Gasteiger partial charge is 0.335 e. The van der Waals surface area contributed by atoms with Crippen molar-refractivity contribution < 1.29 is 24.6 Å². The molecule has 0 spiro atoms. The highest BCUT2D eigenvalue weighted by Gasteiger charge is 2.32. The molecule has 1 atom stereocenters. The maximum absolute atomic E-state index is 12.3. The lowest BCUT2D eigenvalue weighted by atomic mass is 10.0. The van der Waals surface area contributed by atoms with E-state index in [0.29, 0.717) is 42.8 Å². The van der Waals surface area contributed by atoms with Crippen LogP contribution in [0.25, 0.3) is 10.9 Å². The minimum absolute atomic E-state index is 0.0243. The van der Waals surface area contributed by atoms with Crippen molar-refractivity contribution in [1.82, 2.24) is 9.47 Å². The number of aromatic carboxylic acids is 1. The molecular weight excluding hydrogens is 410 g/mol. The lowest BCUT2D eigenvalue weighted by Crippen LogP contribution is -2.49. The number of aliphatic carboxylic acids is 1. The third-order valence-corrected chi connectivity index (χ3v) is 6.12. The summed E-state index contributed by atoms with van der Waals surface area (Å²) in [6.07, 6.45) is 1.78. The van der Waals surface area contributed by atoms with Gasteiger partial charge in [0, 0.05) is 67.1 Å². The van der Waals surface area contributed by atoms with Crippen LogP contribution >= 0.6 is 0 Å². The molecule has 1 aromatic heterocycles. The Morgan fingerprint density at radius 1 is 0.906 bits per heavy atom. The van der Waals surface area contributed by atoms with Crippen molar-refractivity contribution in [2.24, 2.45) is 7.05 Å². The highest BCUT2D eigenvalue weighted by Crippen LogP contribution is 2.32. The largest absolute Gasteiger partial charge is 0.480 e. The third-order valence-electron chi connectivity index (χ3n) is 6.12. The number of carboxylic acid groups (broad SMARTS) is 2. The first-order chi connectivity index (χ1) is 15.3. The summed E-state index contributed by atoms with van der Waals surface area (Å²) in [4.78, 5) is 39.2. The van der Waals surface area contributed by atoms with E-state index < -0.39 is 18.0 Å². The second kappa shape index (κ2) is 8.47. The van der Waals surface area contributed by atoms with Crippen LogP contribution in [-0.4, -0.2) is 63.6 Å². The molecule has 3 aromatic rings. The fourth-order valence-corrected chi connectivity index (χ4v) is 4.40. The lowest BCUT2D eigenvalue weighted by Gasteiger charge is -2.38. The average Bonchev–Trinajstić information content (AvgIpc) is 3.09. The SMILES string of the molecule is CC(=O)c1ccc(N2CCN([C@H](C(=O)O)c3cn(C)c4cc(C(=O)O)ccc34)CC2)cc1. The number of fused-ring (bicyclic) bond motifs is 1. The molecule has 166 valence electrons. The van der Waals surface area contributed by atoms with Gasteiger partial charge >= 0.3 is 11.9 Å². The van der Waals surface area contributed by atoms with Gasteiger partial charge in [-0.25, -0.2) is 4.79 Å². The molecule has 0 amide bonds. The second-order valence-electron chi connectivity index (χ2n) is 8.10. The Morgan fingerprint density at radius 3 is 2.09 bits per heavy atom. The molecular formula is C24H25N3O5. The van der Waals surface area contributed by atoms with Gasteiger partial charge in [0.2, 0.25) is 0 Å². The van der Waals surface area contributed by atoms with E-state index in [9.17, 15) is 24.6 Å². The van der Waals surface area contributed by atoms with Gasteiger partial charge in [-0.1, -0.05) is 6.07 Å². The maximum atomic E-state index is 12.3. The molecule has 0 radical (unpaired) electrons. The number of hydrogen-bond donors (Lipinski definition) is 2. The van der Waals surface area contributed by atoms with E-state index in [1.54, 1.807) is 29.9 Å². The minimum Gasteiger partial charge on any atom is -0.480 e. The Labute approximate surface area is 185 Å². The van der Waals surface area contributed by atoms with Crippen molar-refractivity contribution in [2.75, 3.05) is 31.1 Å². The molecule has 1 aliphatic rings. The van der Waals surface area contributed by atoms with Crippen molar-refractivity contribution in [3.63, 3.8) is 0 Å². The summed E-state index contributed by atoms with van der Waals surface area (Å²) >= 11 is 0. The molecule has 2 heterocycles. The molecule has 0 aliphatic carbocycles. The summed E-state index contributed by atoms with van der Waals surface area (Å²) in [6, 6.07) is 11.4. The van der Waals surface area contributed by atoms with Gasteiger partial charge in [-0.05, 0) is 43.3 Å². The number of ketones is 1. The first-order valence-corrected chi connectivity index (χ1v) is 10.4. The predicted octanol–water partition coefficient (Wildman–Crippen LogP) is 3.03. The third kappa shape index (κ3) is 3.97. The van der Waals surface area contributed by atoms with E-state index in [4.69, 9.17) is 0 Å². The number of aryl methyl sites for hydroxylation is 1. The van der Waals surface area contributed by atoms with Crippen molar-refractivity contribution in [2.45, 2.75) is 13.0 Å². The molecule has 0 unspecified atom stereocenters. The van der Waals surface area contributed by atoms with Gasteiger partial charge in [-0.2, -0.15) is 0 Å². The van der Waals surface area contributed by atoms with Crippen molar-refractivity contribution in [3.8, 4) is 0 Å². The van der Waals surface area contributed by atoms with Crippen LogP contribution in [0.1, 0.15) is 39.2 Å². The number of piperazine rings is 1. The molecule has 32 heavy (non-hydrogen) atoms. The maximum Gasteiger partial charge on any atom is 0.335 e. The number of nitrogens with zero attached hydrogens (tertiary/aromatic N) is 3. The number of Topliss-reactive ketones (excluding diaryl/α,β-unsaturated/α-hetero) is 1. The summed E-state index contributed by atoms with van der Waals surface area (Å²) in [7, 11) is 1.79. The molecule has 2 aromatic carbocycles. The number of hydrogen-bond acceptors (Lipinski definition) is 5. The van der Waals surface area contributed by atoms with Crippen molar-refractivity contribution >= 4 is 34.3 Å². The number of carboxylic acids is 2. The fraction of sp³-hybridized carbons (Fsp3) is 0.292. The Balaban J connectivity index is 1.56. The van der Waals surface area contributed by atoms with Gasteiger partial charge in [0.1, 0.15) is 6.04 Å². The molecule has 1 aliphatic heterocycles. The van der Waals surface area contributed by atoms with Crippen LogP contribution in [-0.2, 0) is 11.8 Å². The average molecular weight is 435 g/mol.